The third-order valence-corrected chi connectivity index (χ3v) is 8.25. The molecule has 12 heteroatoms. The van der Waals surface area contributed by atoms with Gasteiger partial charge in [-0.05, 0) is 73.5 Å². The Kier molecular flexibility index (Phi) is 9.61. The molecule has 4 rings (SSSR count). The molecule has 9 nitrogen and oxygen atoms in total. The monoisotopic (exact) mass is 612 g/mol. The number of anilines is 1. The average molecular weight is 614 g/mol. The van der Waals surface area contributed by atoms with E-state index < -0.39 is 21.8 Å². The van der Waals surface area contributed by atoms with E-state index in [-0.39, 0.29) is 23.7 Å². The third kappa shape index (κ3) is 8.05. The Bertz CT molecular complexity index is 1690. The average Bonchev–Trinajstić information content (AvgIpc) is 3.38. The van der Waals surface area contributed by atoms with E-state index in [0.717, 1.165) is 16.7 Å². The SMILES string of the molecule is Cc1ccc(S(=O)(=O)N(Cc2ccc(Cl)cc2)Cc2ccc(/C=N/NC(=O)C(=O)Nc3cc(Cl)ccc3C)o2)cc1. The molecule has 2 N–H and O–H groups in total. The van der Waals surface area contributed by atoms with Gasteiger partial charge in [-0.2, -0.15) is 9.41 Å². The highest BCUT2D eigenvalue weighted by molar-refractivity contribution is 7.89. The summed E-state index contributed by atoms with van der Waals surface area (Å²) in [6, 6.07) is 21.6. The van der Waals surface area contributed by atoms with Gasteiger partial charge < -0.3 is 9.73 Å². The van der Waals surface area contributed by atoms with Crippen molar-refractivity contribution in [3.8, 4) is 0 Å². The second-order valence-corrected chi connectivity index (χ2v) is 11.9. The molecule has 2 amide bonds. The van der Waals surface area contributed by atoms with Crippen LogP contribution in [0.25, 0.3) is 0 Å². The Morgan fingerprint density at radius 2 is 1.56 bits per heavy atom. The number of carbonyl (C=O) groups is 2. The zero-order valence-corrected chi connectivity index (χ0v) is 24.4. The van der Waals surface area contributed by atoms with Gasteiger partial charge >= 0.3 is 11.8 Å². The van der Waals surface area contributed by atoms with E-state index >= 15 is 0 Å². The Hall–Kier alpha value is -3.96. The van der Waals surface area contributed by atoms with Gasteiger partial charge in [0.1, 0.15) is 11.5 Å². The number of furan rings is 1. The van der Waals surface area contributed by atoms with Gasteiger partial charge in [0, 0.05) is 22.3 Å². The second kappa shape index (κ2) is 13.1. The predicted octanol–water partition coefficient (Wildman–Crippen LogP) is 5.68. The van der Waals surface area contributed by atoms with Gasteiger partial charge in [0.05, 0.1) is 17.7 Å². The summed E-state index contributed by atoms with van der Waals surface area (Å²) in [7, 11) is -3.89. The molecule has 0 unspecified atom stereocenters. The Labute approximate surface area is 247 Å². The van der Waals surface area contributed by atoms with Crippen LogP contribution in [0.3, 0.4) is 0 Å². The number of hydrogen-bond donors (Lipinski definition) is 2. The van der Waals surface area contributed by atoms with Crippen molar-refractivity contribution in [3.05, 3.63) is 117 Å². The molecular weight excluding hydrogens is 587 g/mol. The molecule has 1 heterocycles. The minimum absolute atomic E-state index is 0.0690. The van der Waals surface area contributed by atoms with Gasteiger partial charge in [0.15, 0.2) is 0 Å². The van der Waals surface area contributed by atoms with Crippen LogP contribution >= 0.6 is 23.2 Å². The first kappa shape index (κ1) is 30.0. The number of sulfonamides is 1. The quantitative estimate of drug-likeness (QED) is 0.143. The predicted molar refractivity (Wildman–Crippen MR) is 158 cm³/mol. The number of hydrogen-bond acceptors (Lipinski definition) is 6. The number of nitrogens with one attached hydrogen (secondary N) is 2. The topological polar surface area (TPSA) is 121 Å². The van der Waals surface area contributed by atoms with Crippen molar-refractivity contribution in [2.45, 2.75) is 31.8 Å². The number of halogens is 2. The molecule has 0 aliphatic carbocycles. The fraction of sp³-hybridized carbons (Fsp3) is 0.138. The van der Waals surface area contributed by atoms with E-state index in [1.54, 1.807) is 79.7 Å². The lowest BCUT2D eigenvalue weighted by Crippen LogP contribution is -2.32. The van der Waals surface area contributed by atoms with Crippen molar-refractivity contribution >= 4 is 56.9 Å². The number of nitrogens with zero attached hydrogens (tertiary/aromatic N) is 2. The van der Waals surface area contributed by atoms with Crippen molar-refractivity contribution < 1.29 is 22.4 Å². The molecule has 0 fully saturated rings. The van der Waals surface area contributed by atoms with Gasteiger partial charge in [-0.25, -0.2) is 13.8 Å². The van der Waals surface area contributed by atoms with Gasteiger partial charge in [0.25, 0.3) is 0 Å². The molecule has 0 atom stereocenters. The number of hydrazone groups is 1. The maximum atomic E-state index is 13.5. The standard InChI is InChI=1S/C29H26Cl2N4O5S/c1-19-3-13-26(14-4-19)41(38,39)35(17-21-6-9-22(30)10-7-21)18-25-12-11-24(40-25)16-32-34-29(37)28(36)33-27-15-23(31)8-5-20(27)2/h3-16H,17-18H2,1-2H3,(H,33,36)(H,34,37)/b32-16+. The second-order valence-electron chi connectivity index (χ2n) is 9.13. The van der Waals surface area contributed by atoms with E-state index in [2.05, 4.69) is 15.8 Å². The molecule has 0 saturated heterocycles. The van der Waals surface area contributed by atoms with E-state index in [1.165, 1.54) is 16.6 Å². The zero-order valence-electron chi connectivity index (χ0n) is 22.1. The van der Waals surface area contributed by atoms with Crippen molar-refractivity contribution in [2.75, 3.05) is 5.32 Å². The number of amides is 2. The summed E-state index contributed by atoms with van der Waals surface area (Å²) in [5.41, 5.74) is 4.95. The van der Waals surface area contributed by atoms with E-state index in [4.69, 9.17) is 27.6 Å². The largest absolute Gasteiger partial charge is 0.459 e. The zero-order chi connectivity index (χ0) is 29.6. The highest BCUT2D eigenvalue weighted by Crippen LogP contribution is 2.23. The molecule has 0 spiro atoms. The molecule has 0 radical (unpaired) electrons. The fourth-order valence-corrected chi connectivity index (χ4v) is 5.41. The molecule has 0 aliphatic heterocycles. The lowest BCUT2D eigenvalue weighted by atomic mass is 10.2. The molecule has 0 aliphatic rings. The van der Waals surface area contributed by atoms with Crippen molar-refractivity contribution in [2.24, 2.45) is 5.10 Å². The minimum Gasteiger partial charge on any atom is -0.459 e. The van der Waals surface area contributed by atoms with Crippen LogP contribution in [0.2, 0.25) is 10.0 Å². The summed E-state index contributed by atoms with van der Waals surface area (Å²) < 4.78 is 34.1. The number of rotatable bonds is 9. The number of carbonyl (C=O) groups excluding carboxylic acids is 2. The normalized spacial score (nSPS) is 11.6. The van der Waals surface area contributed by atoms with Crippen molar-refractivity contribution in [3.63, 3.8) is 0 Å². The summed E-state index contributed by atoms with van der Waals surface area (Å²) in [5.74, 6) is -1.33. The molecule has 0 saturated carbocycles. The van der Waals surface area contributed by atoms with Crippen molar-refractivity contribution in [1.82, 2.24) is 9.73 Å². The van der Waals surface area contributed by atoms with E-state index in [0.29, 0.717) is 21.5 Å². The van der Waals surface area contributed by atoms with Gasteiger partial charge in [-0.15, -0.1) is 0 Å². The molecule has 212 valence electrons. The van der Waals surface area contributed by atoms with Gasteiger partial charge in [-0.1, -0.05) is 59.1 Å². The van der Waals surface area contributed by atoms with Crippen LogP contribution < -0.4 is 10.7 Å². The Balaban J connectivity index is 1.44. The van der Waals surface area contributed by atoms with Crippen LogP contribution in [0, 0.1) is 13.8 Å². The van der Waals surface area contributed by atoms with Gasteiger partial charge in [0.2, 0.25) is 10.0 Å². The first-order valence-corrected chi connectivity index (χ1v) is 14.5. The van der Waals surface area contributed by atoms with Crippen LogP contribution in [-0.2, 0) is 32.7 Å². The van der Waals surface area contributed by atoms with Crippen LogP contribution in [0.5, 0.6) is 0 Å². The minimum atomic E-state index is -3.89. The molecule has 0 bridgehead atoms. The van der Waals surface area contributed by atoms with Crippen molar-refractivity contribution in [1.29, 1.82) is 0 Å². The smallest absolute Gasteiger partial charge is 0.329 e. The summed E-state index contributed by atoms with van der Waals surface area (Å²) in [5, 5.41) is 7.20. The molecule has 41 heavy (non-hydrogen) atoms. The summed E-state index contributed by atoms with van der Waals surface area (Å²) in [6.07, 6.45) is 1.21. The van der Waals surface area contributed by atoms with Crippen LogP contribution in [-0.4, -0.2) is 30.8 Å². The number of benzene rings is 3. The Morgan fingerprint density at radius 3 is 2.27 bits per heavy atom. The van der Waals surface area contributed by atoms with E-state index in [9.17, 15) is 18.0 Å². The van der Waals surface area contributed by atoms with E-state index in [1.807, 2.05) is 6.92 Å². The third-order valence-electron chi connectivity index (χ3n) is 5.96. The first-order valence-electron chi connectivity index (χ1n) is 12.3. The highest BCUT2D eigenvalue weighted by Gasteiger charge is 2.26. The van der Waals surface area contributed by atoms with Crippen LogP contribution in [0.15, 0.2) is 93.3 Å². The summed E-state index contributed by atoms with van der Waals surface area (Å²) in [6.45, 7) is 3.65. The lowest BCUT2D eigenvalue weighted by molar-refractivity contribution is -0.136. The van der Waals surface area contributed by atoms with Crippen LogP contribution in [0.4, 0.5) is 5.69 Å². The van der Waals surface area contributed by atoms with Crippen LogP contribution in [0.1, 0.15) is 28.2 Å². The maximum Gasteiger partial charge on any atom is 0.329 e. The molecule has 3 aromatic carbocycles. The van der Waals surface area contributed by atoms with Gasteiger partial charge in [-0.3, -0.25) is 9.59 Å². The molecule has 1 aromatic heterocycles. The lowest BCUT2D eigenvalue weighted by Gasteiger charge is -2.21. The fourth-order valence-electron chi connectivity index (χ4n) is 3.71. The Morgan fingerprint density at radius 1 is 0.878 bits per heavy atom. The molecule has 4 aromatic rings. The maximum absolute atomic E-state index is 13.5. The summed E-state index contributed by atoms with van der Waals surface area (Å²) in [4.78, 5) is 24.5. The molecular formula is C29H26Cl2N4O5S. The first-order chi connectivity index (χ1) is 19.5. The number of aryl methyl sites for hydroxylation is 2. The summed E-state index contributed by atoms with van der Waals surface area (Å²) >= 11 is 11.9. The highest BCUT2D eigenvalue weighted by atomic mass is 35.5.